The zero-order valence-electron chi connectivity index (χ0n) is 11.8. The van der Waals surface area contributed by atoms with Crippen molar-refractivity contribution in [3.8, 4) is 5.75 Å². The molecule has 1 aromatic carbocycles. The lowest BCUT2D eigenvalue weighted by Gasteiger charge is -2.18. The Kier molecular flexibility index (Phi) is 5.43. The van der Waals surface area contributed by atoms with Gasteiger partial charge >= 0.3 is 0 Å². The van der Waals surface area contributed by atoms with Gasteiger partial charge in [0.15, 0.2) is 0 Å². The summed E-state index contributed by atoms with van der Waals surface area (Å²) in [5.74, 6) is 0.618. The Balaban J connectivity index is 1.91. The number of rotatable bonds is 5. The molecule has 1 aliphatic rings. The lowest BCUT2D eigenvalue weighted by molar-refractivity contribution is -0.129. The summed E-state index contributed by atoms with van der Waals surface area (Å²) in [5, 5.41) is 2.86. The van der Waals surface area contributed by atoms with Crippen molar-refractivity contribution in [2.24, 2.45) is 0 Å². The summed E-state index contributed by atoms with van der Waals surface area (Å²) in [6.07, 6.45) is 4.32. The highest BCUT2D eigenvalue weighted by atomic mass is 79.9. The highest BCUT2D eigenvalue weighted by Crippen LogP contribution is 2.28. The monoisotopic (exact) mass is 341 g/mol. The number of hydrogen-bond donors (Lipinski definition) is 1. The van der Waals surface area contributed by atoms with Crippen LogP contribution in [0.3, 0.4) is 0 Å². The molecule has 0 spiro atoms. The van der Waals surface area contributed by atoms with Crippen molar-refractivity contribution < 1.29 is 14.3 Å². The summed E-state index contributed by atoms with van der Waals surface area (Å²) >= 11 is 3.40. The Labute approximate surface area is 128 Å². The van der Waals surface area contributed by atoms with E-state index in [4.69, 9.17) is 9.47 Å². The maximum absolute atomic E-state index is 12.1. The van der Waals surface area contributed by atoms with Crippen molar-refractivity contribution in [2.45, 2.75) is 44.8 Å². The third kappa shape index (κ3) is 3.96. The van der Waals surface area contributed by atoms with Crippen LogP contribution >= 0.6 is 15.9 Å². The number of nitrogens with one attached hydrogen (secondary N) is 1. The lowest BCUT2D eigenvalue weighted by Crippen LogP contribution is -2.30. The van der Waals surface area contributed by atoms with Crippen molar-refractivity contribution in [3.63, 3.8) is 0 Å². The topological polar surface area (TPSA) is 47.6 Å². The van der Waals surface area contributed by atoms with Crippen molar-refractivity contribution in [1.82, 2.24) is 0 Å². The van der Waals surface area contributed by atoms with E-state index in [0.717, 1.165) is 28.8 Å². The maximum atomic E-state index is 12.1. The Bertz CT molecular complexity index is 472. The molecule has 5 heteroatoms. The van der Waals surface area contributed by atoms with E-state index in [0.29, 0.717) is 0 Å². The van der Waals surface area contributed by atoms with Gasteiger partial charge < -0.3 is 14.8 Å². The molecule has 1 fully saturated rings. The molecule has 2 rings (SSSR count). The molecule has 1 aliphatic carbocycles. The first-order valence-electron chi connectivity index (χ1n) is 6.90. The quantitative estimate of drug-likeness (QED) is 0.887. The zero-order chi connectivity index (χ0) is 14.5. The van der Waals surface area contributed by atoms with Gasteiger partial charge in [0, 0.05) is 5.69 Å². The van der Waals surface area contributed by atoms with E-state index in [1.165, 1.54) is 12.8 Å². The summed E-state index contributed by atoms with van der Waals surface area (Å²) < 4.78 is 11.7. The molecule has 4 nitrogen and oxygen atoms in total. The summed E-state index contributed by atoms with van der Waals surface area (Å²) in [6, 6.07) is 5.44. The fraction of sp³-hybridized carbons (Fsp3) is 0.533. The summed E-state index contributed by atoms with van der Waals surface area (Å²) in [7, 11) is 1.61. The van der Waals surface area contributed by atoms with Crippen molar-refractivity contribution >= 4 is 27.5 Å². The van der Waals surface area contributed by atoms with Crippen LogP contribution in [0.15, 0.2) is 22.7 Å². The third-order valence-corrected chi connectivity index (χ3v) is 4.11. The van der Waals surface area contributed by atoms with E-state index in [-0.39, 0.29) is 12.0 Å². The number of carbonyl (C=O) groups excluding carboxylic acids is 1. The highest BCUT2D eigenvalue weighted by Gasteiger charge is 2.22. The number of halogens is 1. The molecular formula is C15H20BrNO3. The molecule has 1 aromatic rings. The second-order valence-corrected chi connectivity index (χ2v) is 5.88. The smallest absolute Gasteiger partial charge is 0.253 e. The molecule has 0 bridgehead atoms. The number of anilines is 1. The largest absolute Gasteiger partial charge is 0.496 e. The molecule has 0 radical (unpaired) electrons. The molecular weight excluding hydrogens is 322 g/mol. The Hall–Kier alpha value is -1.07. The Morgan fingerprint density at radius 1 is 1.40 bits per heavy atom. The fourth-order valence-corrected chi connectivity index (χ4v) is 2.90. The summed E-state index contributed by atoms with van der Waals surface area (Å²) in [5.41, 5.74) is 0.726. The van der Waals surface area contributed by atoms with E-state index < -0.39 is 6.10 Å². The summed E-state index contributed by atoms with van der Waals surface area (Å²) in [6.45, 7) is 1.80. The molecule has 1 saturated carbocycles. The molecule has 0 heterocycles. The van der Waals surface area contributed by atoms with E-state index in [2.05, 4.69) is 21.2 Å². The Morgan fingerprint density at radius 3 is 2.70 bits per heavy atom. The van der Waals surface area contributed by atoms with Crippen LogP contribution in [0, 0.1) is 0 Å². The minimum Gasteiger partial charge on any atom is -0.496 e. The van der Waals surface area contributed by atoms with Crippen LogP contribution in [0.25, 0.3) is 0 Å². The predicted octanol–water partition coefficient (Wildman–Crippen LogP) is 3.74. The lowest BCUT2D eigenvalue weighted by atomic mass is 10.2. The number of hydrogen-bond acceptors (Lipinski definition) is 3. The third-order valence-electron chi connectivity index (χ3n) is 3.49. The molecule has 110 valence electrons. The summed E-state index contributed by atoms with van der Waals surface area (Å²) in [4.78, 5) is 12.1. The maximum Gasteiger partial charge on any atom is 0.253 e. The second kappa shape index (κ2) is 7.09. The number of amides is 1. The first-order chi connectivity index (χ1) is 9.60. The van der Waals surface area contributed by atoms with Crippen molar-refractivity contribution in [3.05, 3.63) is 22.7 Å². The SMILES string of the molecule is COc1ccc(NC(=O)[C@H](C)OC2CCCC2)cc1Br. The van der Waals surface area contributed by atoms with Gasteiger partial charge in [0.2, 0.25) is 0 Å². The minimum atomic E-state index is -0.432. The van der Waals surface area contributed by atoms with E-state index in [1.54, 1.807) is 14.0 Å². The molecule has 20 heavy (non-hydrogen) atoms. The van der Waals surface area contributed by atoms with E-state index in [9.17, 15) is 4.79 Å². The van der Waals surface area contributed by atoms with Crippen LogP contribution < -0.4 is 10.1 Å². The minimum absolute atomic E-state index is 0.117. The molecule has 1 N–H and O–H groups in total. The van der Waals surface area contributed by atoms with Crippen LogP contribution in [0.1, 0.15) is 32.6 Å². The molecule has 1 amide bonds. The number of methoxy groups -OCH3 is 1. The number of carbonyl (C=O) groups is 1. The zero-order valence-corrected chi connectivity index (χ0v) is 13.4. The van der Waals surface area contributed by atoms with Crippen molar-refractivity contribution in [1.29, 1.82) is 0 Å². The van der Waals surface area contributed by atoms with E-state index >= 15 is 0 Å². The van der Waals surface area contributed by atoms with Crippen molar-refractivity contribution in [2.75, 3.05) is 12.4 Å². The van der Waals surface area contributed by atoms with Gasteiger partial charge in [0.1, 0.15) is 11.9 Å². The highest BCUT2D eigenvalue weighted by molar-refractivity contribution is 9.10. The molecule has 0 saturated heterocycles. The molecule has 0 aromatic heterocycles. The average Bonchev–Trinajstić information content (AvgIpc) is 2.91. The predicted molar refractivity (Wildman–Crippen MR) is 82.1 cm³/mol. The Morgan fingerprint density at radius 2 is 2.10 bits per heavy atom. The van der Waals surface area contributed by atoms with Crippen LogP contribution in [0.2, 0.25) is 0 Å². The van der Waals surface area contributed by atoms with Gasteiger partial charge in [-0.25, -0.2) is 0 Å². The number of ether oxygens (including phenoxy) is 2. The standard InChI is InChI=1S/C15H20BrNO3/c1-10(20-12-5-3-4-6-12)15(18)17-11-7-8-14(19-2)13(16)9-11/h7-10,12H,3-6H2,1-2H3,(H,17,18)/t10-/m0/s1. The molecule has 1 atom stereocenters. The normalized spacial score (nSPS) is 16.9. The molecule has 0 unspecified atom stereocenters. The van der Waals surface area contributed by atoms with Crippen LogP contribution in [0.4, 0.5) is 5.69 Å². The van der Waals surface area contributed by atoms with Crippen LogP contribution in [-0.2, 0) is 9.53 Å². The van der Waals surface area contributed by atoms with E-state index in [1.807, 2.05) is 18.2 Å². The van der Waals surface area contributed by atoms with Gasteiger partial charge in [0.05, 0.1) is 17.7 Å². The van der Waals surface area contributed by atoms with Gasteiger partial charge in [-0.1, -0.05) is 12.8 Å². The van der Waals surface area contributed by atoms with Gasteiger partial charge in [-0.3, -0.25) is 4.79 Å². The number of benzene rings is 1. The average molecular weight is 342 g/mol. The van der Waals surface area contributed by atoms with Gasteiger partial charge in [-0.05, 0) is 53.9 Å². The molecule has 0 aliphatic heterocycles. The second-order valence-electron chi connectivity index (χ2n) is 5.02. The first-order valence-corrected chi connectivity index (χ1v) is 7.69. The van der Waals surface area contributed by atoms with Gasteiger partial charge in [-0.15, -0.1) is 0 Å². The van der Waals surface area contributed by atoms with Gasteiger partial charge in [0.25, 0.3) is 5.91 Å². The van der Waals surface area contributed by atoms with Crippen LogP contribution in [-0.4, -0.2) is 25.2 Å². The fourth-order valence-electron chi connectivity index (χ4n) is 2.36. The first kappa shape index (κ1) is 15.3. The van der Waals surface area contributed by atoms with Gasteiger partial charge in [-0.2, -0.15) is 0 Å². The van der Waals surface area contributed by atoms with Crippen LogP contribution in [0.5, 0.6) is 5.75 Å².